The molecule has 0 saturated heterocycles. The van der Waals surface area contributed by atoms with Crippen LogP contribution in [0.25, 0.3) is 22.0 Å². The molecule has 0 atom stereocenters. The quantitative estimate of drug-likeness (QED) is 0.241. The number of benzene rings is 2. The molecule has 0 fully saturated rings. The van der Waals surface area contributed by atoms with E-state index in [4.69, 9.17) is 9.72 Å². The fraction of sp³-hybridized carbons (Fsp3) is 0.290. The number of methoxy groups -OCH3 is 1. The summed E-state index contributed by atoms with van der Waals surface area (Å²) in [5.74, 6) is 0.801. The molecular formula is C31H33N3O2S. The average molecular weight is 512 g/mol. The van der Waals surface area contributed by atoms with Gasteiger partial charge in [0.25, 0.3) is 5.91 Å². The molecule has 2 heterocycles. The number of nitrogens with one attached hydrogen (secondary N) is 1. The van der Waals surface area contributed by atoms with E-state index in [1.807, 2.05) is 43.3 Å². The number of allylic oxidation sites excluding steroid dienone is 1. The Morgan fingerprint density at radius 1 is 1.11 bits per heavy atom. The van der Waals surface area contributed by atoms with Gasteiger partial charge in [0.2, 0.25) is 0 Å². The molecule has 2 aromatic heterocycles. The molecule has 0 saturated carbocycles. The normalized spacial score (nSPS) is 13.3. The molecule has 190 valence electrons. The van der Waals surface area contributed by atoms with Gasteiger partial charge in [-0.2, -0.15) is 0 Å². The van der Waals surface area contributed by atoms with Crippen LogP contribution in [0.5, 0.6) is 5.75 Å². The standard InChI is InChI=1S/C31H33N3O2S/c1-22-27(30(35)32-18-17-23-9-5-3-6-10-23)19-29(34(22)20-24-13-15-26(36-2)16-14-24)28-21-37-31(33-28)25-11-7-4-8-12-25/h4,7-9,11-16,19,21H,3,5-6,10,17-18,20H2,1-2H3,(H,32,35). The third-order valence-corrected chi connectivity index (χ3v) is 7.91. The summed E-state index contributed by atoms with van der Waals surface area (Å²) in [7, 11) is 1.67. The van der Waals surface area contributed by atoms with Gasteiger partial charge in [0.05, 0.1) is 24.1 Å². The van der Waals surface area contributed by atoms with Crippen LogP contribution in [0.3, 0.4) is 0 Å². The molecule has 0 bridgehead atoms. The highest BCUT2D eigenvalue weighted by Crippen LogP contribution is 2.32. The summed E-state index contributed by atoms with van der Waals surface area (Å²) in [6, 6.07) is 20.3. The zero-order valence-corrected chi connectivity index (χ0v) is 22.3. The molecule has 2 aromatic carbocycles. The van der Waals surface area contributed by atoms with E-state index in [-0.39, 0.29) is 5.91 Å². The first kappa shape index (κ1) is 25.0. The SMILES string of the molecule is COc1ccc(Cn2c(-c3csc(-c4ccccc4)n3)cc(C(=O)NCCC3=CCCCC3)c2C)cc1. The second-order valence-electron chi connectivity index (χ2n) is 9.48. The lowest BCUT2D eigenvalue weighted by Crippen LogP contribution is -2.25. The summed E-state index contributed by atoms with van der Waals surface area (Å²) in [5.41, 5.74) is 7.18. The number of ether oxygens (including phenoxy) is 1. The van der Waals surface area contributed by atoms with Crippen molar-refractivity contribution in [1.82, 2.24) is 14.9 Å². The van der Waals surface area contributed by atoms with Crippen LogP contribution >= 0.6 is 11.3 Å². The van der Waals surface area contributed by atoms with E-state index < -0.39 is 0 Å². The minimum atomic E-state index is -0.0258. The number of rotatable bonds is 9. The summed E-state index contributed by atoms with van der Waals surface area (Å²) in [4.78, 5) is 18.2. The van der Waals surface area contributed by atoms with Crippen LogP contribution in [0.4, 0.5) is 0 Å². The fourth-order valence-electron chi connectivity index (χ4n) is 4.87. The summed E-state index contributed by atoms with van der Waals surface area (Å²) in [6.45, 7) is 3.33. The molecule has 0 spiro atoms. The van der Waals surface area contributed by atoms with Crippen molar-refractivity contribution in [3.8, 4) is 27.7 Å². The first-order valence-electron chi connectivity index (χ1n) is 12.9. The maximum Gasteiger partial charge on any atom is 0.253 e. The van der Waals surface area contributed by atoms with Crippen molar-refractivity contribution in [2.24, 2.45) is 0 Å². The molecule has 6 heteroatoms. The summed E-state index contributed by atoms with van der Waals surface area (Å²) < 4.78 is 7.52. The number of carbonyl (C=O) groups excluding carboxylic acids is 1. The van der Waals surface area contributed by atoms with Gasteiger partial charge in [0.15, 0.2) is 0 Å². The van der Waals surface area contributed by atoms with Crippen LogP contribution in [0.2, 0.25) is 0 Å². The van der Waals surface area contributed by atoms with Crippen LogP contribution < -0.4 is 10.1 Å². The van der Waals surface area contributed by atoms with Crippen molar-refractivity contribution < 1.29 is 9.53 Å². The molecule has 0 aliphatic heterocycles. The molecule has 0 unspecified atom stereocenters. The van der Waals surface area contributed by atoms with Gasteiger partial charge in [-0.25, -0.2) is 4.98 Å². The van der Waals surface area contributed by atoms with E-state index in [0.29, 0.717) is 18.7 Å². The number of carbonyl (C=O) groups is 1. The second kappa shape index (κ2) is 11.6. The molecule has 5 nitrogen and oxygen atoms in total. The van der Waals surface area contributed by atoms with Crippen molar-refractivity contribution in [2.45, 2.75) is 45.6 Å². The zero-order chi connectivity index (χ0) is 25.6. The van der Waals surface area contributed by atoms with E-state index in [0.717, 1.165) is 51.8 Å². The fourth-order valence-corrected chi connectivity index (χ4v) is 5.69. The minimum Gasteiger partial charge on any atom is -0.497 e. The molecule has 1 aliphatic carbocycles. The van der Waals surface area contributed by atoms with Crippen LogP contribution in [-0.2, 0) is 6.54 Å². The first-order valence-corrected chi connectivity index (χ1v) is 13.8. The Bertz CT molecular complexity index is 1380. The van der Waals surface area contributed by atoms with E-state index in [1.54, 1.807) is 18.4 Å². The highest BCUT2D eigenvalue weighted by atomic mass is 32.1. The lowest BCUT2D eigenvalue weighted by atomic mass is 9.97. The maximum atomic E-state index is 13.3. The number of thiazole rings is 1. The summed E-state index contributed by atoms with van der Waals surface area (Å²) in [5, 5.41) is 6.21. The van der Waals surface area contributed by atoms with Gasteiger partial charge in [-0.05, 0) is 62.8 Å². The van der Waals surface area contributed by atoms with Crippen molar-refractivity contribution in [2.75, 3.05) is 13.7 Å². The number of amides is 1. The van der Waals surface area contributed by atoms with Gasteiger partial charge in [-0.15, -0.1) is 11.3 Å². The molecule has 5 rings (SSSR count). The van der Waals surface area contributed by atoms with Crippen LogP contribution in [0.1, 0.15) is 53.7 Å². The van der Waals surface area contributed by atoms with E-state index in [2.05, 4.69) is 45.6 Å². The predicted molar refractivity (Wildman–Crippen MR) is 151 cm³/mol. The van der Waals surface area contributed by atoms with Gasteiger partial charge in [0.1, 0.15) is 10.8 Å². The highest BCUT2D eigenvalue weighted by Gasteiger charge is 2.21. The Labute approximate surface area is 222 Å². The topological polar surface area (TPSA) is 56.2 Å². The predicted octanol–water partition coefficient (Wildman–Crippen LogP) is 7.26. The molecule has 37 heavy (non-hydrogen) atoms. The Morgan fingerprint density at radius 2 is 1.92 bits per heavy atom. The highest BCUT2D eigenvalue weighted by molar-refractivity contribution is 7.13. The van der Waals surface area contributed by atoms with E-state index in [9.17, 15) is 4.79 Å². The maximum absolute atomic E-state index is 13.3. The van der Waals surface area contributed by atoms with E-state index in [1.165, 1.54) is 24.8 Å². The number of aromatic nitrogens is 2. The van der Waals surface area contributed by atoms with Crippen molar-refractivity contribution in [1.29, 1.82) is 0 Å². The van der Waals surface area contributed by atoms with Gasteiger partial charge < -0.3 is 14.6 Å². The number of hydrogen-bond donors (Lipinski definition) is 1. The Balaban J connectivity index is 1.43. The molecular weight excluding hydrogens is 478 g/mol. The summed E-state index contributed by atoms with van der Waals surface area (Å²) in [6.07, 6.45) is 8.13. The molecule has 1 amide bonds. The van der Waals surface area contributed by atoms with Gasteiger partial charge in [-0.1, -0.05) is 54.1 Å². The molecule has 1 N–H and O–H groups in total. The average Bonchev–Trinajstić information content (AvgIpc) is 3.55. The van der Waals surface area contributed by atoms with Crippen molar-refractivity contribution >= 4 is 17.2 Å². The number of nitrogens with zero attached hydrogens (tertiary/aromatic N) is 2. The largest absolute Gasteiger partial charge is 0.497 e. The smallest absolute Gasteiger partial charge is 0.253 e. The second-order valence-corrected chi connectivity index (χ2v) is 10.3. The van der Waals surface area contributed by atoms with Crippen molar-refractivity contribution in [3.05, 3.63) is 94.5 Å². The van der Waals surface area contributed by atoms with Crippen LogP contribution in [-0.4, -0.2) is 29.1 Å². The Kier molecular flexibility index (Phi) is 7.85. The van der Waals surface area contributed by atoms with Gasteiger partial charge >= 0.3 is 0 Å². The lowest BCUT2D eigenvalue weighted by Gasteiger charge is -2.13. The molecule has 0 radical (unpaired) electrons. The van der Waals surface area contributed by atoms with Crippen LogP contribution in [0, 0.1) is 6.92 Å². The molecule has 1 aliphatic rings. The van der Waals surface area contributed by atoms with Gasteiger partial charge in [-0.3, -0.25) is 4.79 Å². The lowest BCUT2D eigenvalue weighted by molar-refractivity contribution is 0.0953. The third-order valence-electron chi connectivity index (χ3n) is 7.01. The van der Waals surface area contributed by atoms with E-state index >= 15 is 0 Å². The van der Waals surface area contributed by atoms with Crippen molar-refractivity contribution in [3.63, 3.8) is 0 Å². The zero-order valence-electron chi connectivity index (χ0n) is 21.5. The van der Waals surface area contributed by atoms with Gasteiger partial charge in [0, 0.05) is 29.7 Å². The first-order chi connectivity index (χ1) is 18.1. The minimum absolute atomic E-state index is 0.0258. The Hall–Kier alpha value is -3.64. The van der Waals surface area contributed by atoms with Crippen LogP contribution in [0.15, 0.2) is 77.7 Å². The molecule has 4 aromatic rings. The monoisotopic (exact) mass is 511 g/mol. The number of hydrogen-bond acceptors (Lipinski definition) is 4. The third kappa shape index (κ3) is 5.86. The summed E-state index contributed by atoms with van der Waals surface area (Å²) >= 11 is 1.62. The Morgan fingerprint density at radius 3 is 2.65 bits per heavy atom.